The third kappa shape index (κ3) is 3.06. The fraction of sp³-hybridized carbons (Fsp3) is 0.500. The molecule has 0 atom stereocenters. The van der Waals surface area contributed by atoms with Crippen LogP contribution in [-0.4, -0.2) is 15.0 Å². The molecule has 0 bridgehead atoms. The average Bonchev–Trinajstić information content (AvgIpc) is 2.27. The van der Waals surface area contributed by atoms with Gasteiger partial charge in [-0.05, 0) is 36.5 Å². The molecule has 17 heavy (non-hydrogen) atoms. The minimum absolute atomic E-state index is 0.314. The molecule has 1 aliphatic carbocycles. The smallest absolute Gasteiger partial charge is 0.240 e. The number of benzene rings is 1. The second-order valence-corrected chi connectivity index (χ2v) is 6.26. The Labute approximate surface area is 102 Å². The Morgan fingerprint density at radius 1 is 1.24 bits per heavy atom. The maximum absolute atomic E-state index is 11.9. The Morgan fingerprint density at radius 2 is 1.88 bits per heavy atom. The summed E-state index contributed by atoms with van der Waals surface area (Å²) in [4.78, 5) is 0.314. The highest BCUT2D eigenvalue weighted by Gasteiger charge is 2.21. The van der Waals surface area contributed by atoms with E-state index >= 15 is 0 Å². The van der Waals surface area contributed by atoms with Gasteiger partial charge in [0.05, 0.1) is 4.90 Å². The normalized spacial score (nSPS) is 16.8. The molecule has 94 valence electrons. The Hall–Kier alpha value is -0.910. The highest BCUT2D eigenvalue weighted by atomic mass is 32.2. The minimum Gasteiger partial charge on any atom is -0.326 e. The molecular formula is C12H18N2O2S. The van der Waals surface area contributed by atoms with Crippen LogP contribution in [0.4, 0.5) is 0 Å². The van der Waals surface area contributed by atoms with Crippen LogP contribution in [0.15, 0.2) is 29.2 Å². The molecule has 0 radical (unpaired) electrons. The first kappa shape index (κ1) is 12.5. The van der Waals surface area contributed by atoms with E-state index in [1.54, 1.807) is 24.3 Å². The zero-order valence-electron chi connectivity index (χ0n) is 9.72. The Bertz CT molecular complexity index is 464. The third-order valence-electron chi connectivity index (χ3n) is 3.26. The first-order valence-corrected chi connectivity index (χ1v) is 7.39. The fourth-order valence-corrected chi connectivity index (χ4v) is 2.93. The SMILES string of the molecule is NCc1ccc(S(=O)(=O)NCC2CCC2)cc1. The zero-order valence-corrected chi connectivity index (χ0v) is 10.5. The highest BCUT2D eigenvalue weighted by molar-refractivity contribution is 7.89. The van der Waals surface area contributed by atoms with Gasteiger partial charge in [-0.3, -0.25) is 0 Å². The maximum Gasteiger partial charge on any atom is 0.240 e. The van der Waals surface area contributed by atoms with Gasteiger partial charge in [0.25, 0.3) is 0 Å². The van der Waals surface area contributed by atoms with Gasteiger partial charge in [0.1, 0.15) is 0 Å². The van der Waals surface area contributed by atoms with Crippen molar-refractivity contribution in [3.05, 3.63) is 29.8 Å². The quantitative estimate of drug-likeness (QED) is 0.830. The van der Waals surface area contributed by atoms with Crippen LogP contribution in [0.3, 0.4) is 0 Å². The number of nitrogens with one attached hydrogen (secondary N) is 1. The monoisotopic (exact) mass is 254 g/mol. The molecule has 2 rings (SSSR count). The minimum atomic E-state index is -3.35. The van der Waals surface area contributed by atoms with E-state index in [0.29, 0.717) is 23.9 Å². The number of sulfonamides is 1. The number of hydrogen-bond donors (Lipinski definition) is 2. The lowest BCUT2D eigenvalue weighted by molar-refractivity contribution is 0.316. The van der Waals surface area contributed by atoms with E-state index < -0.39 is 10.0 Å². The maximum atomic E-state index is 11.9. The topological polar surface area (TPSA) is 72.2 Å². The molecule has 0 spiro atoms. The molecule has 3 N–H and O–H groups in total. The van der Waals surface area contributed by atoms with Gasteiger partial charge in [-0.2, -0.15) is 0 Å². The number of nitrogens with two attached hydrogens (primary N) is 1. The van der Waals surface area contributed by atoms with Crippen molar-refractivity contribution in [1.82, 2.24) is 4.72 Å². The second kappa shape index (κ2) is 5.16. The van der Waals surface area contributed by atoms with Gasteiger partial charge in [-0.25, -0.2) is 13.1 Å². The first-order valence-electron chi connectivity index (χ1n) is 5.90. The summed E-state index contributed by atoms with van der Waals surface area (Å²) in [5.41, 5.74) is 6.40. The van der Waals surface area contributed by atoms with E-state index in [1.165, 1.54) is 6.42 Å². The molecule has 0 saturated heterocycles. The molecule has 5 heteroatoms. The van der Waals surface area contributed by atoms with Crippen molar-refractivity contribution in [2.45, 2.75) is 30.7 Å². The number of hydrogen-bond acceptors (Lipinski definition) is 3. The summed E-state index contributed by atoms with van der Waals surface area (Å²) < 4.78 is 26.5. The highest BCUT2D eigenvalue weighted by Crippen LogP contribution is 2.25. The predicted octanol–water partition coefficient (Wildman–Crippen LogP) is 1.22. The van der Waals surface area contributed by atoms with Gasteiger partial charge in [-0.1, -0.05) is 18.6 Å². The summed E-state index contributed by atoms with van der Waals surface area (Å²) in [7, 11) is -3.35. The van der Waals surface area contributed by atoms with Crippen molar-refractivity contribution in [3.8, 4) is 0 Å². The van der Waals surface area contributed by atoms with Gasteiger partial charge >= 0.3 is 0 Å². The van der Waals surface area contributed by atoms with Crippen LogP contribution >= 0.6 is 0 Å². The predicted molar refractivity (Wildman–Crippen MR) is 66.9 cm³/mol. The molecule has 1 saturated carbocycles. The number of rotatable bonds is 5. The molecule has 1 aromatic carbocycles. The van der Waals surface area contributed by atoms with Gasteiger partial charge < -0.3 is 5.73 Å². The lowest BCUT2D eigenvalue weighted by Crippen LogP contribution is -2.32. The van der Waals surface area contributed by atoms with Crippen LogP contribution in [0.2, 0.25) is 0 Å². The van der Waals surface area contributed by atoms with E-state index in [0.717, 1.165) is 18.4 Å². The van der Waals surface area contributed by atoms with Crippen LogP contribution in [-0.2, 0) is 16.6 Å². The van der Waals surface area contributed by atoms with Gasteiger partial charge in [0.2, 0.25) is 10.0 Å². The van der Waals surface area contributed by atoms with Crippen molar-refractivity contribution in [2.75, 3.05) is 6.54 Å². The lowest BCUT2D eigenvalue weighted by atomic mass is 9.86. The molecule has 0 unspecified atom stereocenters. The second-order valence-electron chi connectivity index (χ2n) is 4.50. The molecule has 0 aromatic heterocycles. The van der Waals surface area contributed by atoms with E-state index in [4.69, 9.17) is 5.73 Å². The average molecular weight is 254 g/mol. The zero-order chi connectivity index (χ0) is 12.3. The van der Waals surface area contributed by atoms with Crippen molar-refractivity contribution in [1.29, 1.82) is 0 Å². The first-order chi connectivity index (χ1) is 8.12. The van der Waals surface area contributed by atoms with Gasteiger partial charge in [-0.15, -0.1) is 0 Å². The Kier molecular flexibility index (Phi) is 3.81. The van der Waals surface area contributed by atoms with E-state index in [9.17, 15) is 8.42 Å². The molecule has 0 heterocycles. The summed E-state index contributed by atoms with van der Waals surface area (Å²) in [5, 5.41) is 0. The standard InChI is InChI=1S/C12H18N2O2S/c13-8-10-4-6-12(7-5-10)17(15,16)14-9-11-2-1-3-11/h4-7,11,14H,1-3,8-9,13H2. The molecule has 0 amide bonds. The van der Waals surface area contributed by atoms with Crippen molar-refractivity contribution in [2.24, 2.45) is 11.7 Å². The van der Waals surface area contributed by atoms with Crippen LogP contribution in [0, 0.1) is 5.92 Å². The van der Waals surface area contributed by atoms with Crippen LogP contribution in [0.25, 0.3) is 0 Å². The molecular weight excluding hydrogens is 236 g/mol. The lowest BCUT2D eigenvalue weighted by Gasteiger charge is -2.25. The fourth-order valence-electron chi connectivity index (χ4n) is 1.81. The summed E-state index contributed by atoms with van der Waals surface area (Å²) in [6, 6.07) is 6.70. The van der Waals surface area contributed by atoms with Gasteiger partial charge in [0, 0.05) is 13.1 Å². The van der Waals surface area contributed by atoms with Gasteiger partial charge in [0.15, 0.2) is 0 Å². The molecule has 0 aliphatic heterocycles. The largest absolute Gasteiger partial charge is 0.326 e. The molecule has 1 fully saturated rings. The van der Waals surface area contributed by atoms with Crippen molar-refractivity contribution >= 4 is 10.0 Å². The van der Waals surface area contributed by atoms with Crippen LogP contribution in [0.5, 0.6) is 0 Å². The summed E-state index contributed by atoms with van der Waals surface area (Å²) in [5.74, 6) is 0.521. The van der Waals surface area contributed by atoms with Crippen molar-refractivity contribution in [3.63, 3.8) is 0 Å². The summed E-state index contributed by atoms with van der Waals surface area (Å²) in [6.07, 6.45) is 3.49. The Balaban J connectivity index is 2.02. The van der Waals surface area contributed by atoms with Crippen molar-refractivity contribution < 1.29 is 8.42 Å². The van der Waals surface area contributed by atoms with Crippen LogP contribution in [0.1, 0.15) is 24.8 Å². The third-order valence-corrected chi connectivity index (χ3v) is 4.70. The summed E-state index contributed by atoms with van der Waals surface area (Å²) in [6.45, 7) is 0.983. The van der Waals surface area contributed by atoms with E-state index in [1.807, 2.05) is 0 Å². The Morgan fingerprint density at radius 3 is 2.35 bits per heavy atom. The molecule has 1 aliphatic rings. The molecule has 4 nitrogen and oxygen atoms in total. The van der Waals surface area contributed by atoms with E-state index in [2.05, 4.69) is 4.72 Å². The van der Waals surface area contributed by atoms with E-state index in [-0.39, 0.29) is 0 Å². The molecule has 1 aromatic rings. The summed E-state index contributed by atoms with van der Waals surface area (Å²) >= 11 is 0. The van der Waals surface area contributed by atoms with Crippen LogP contribution < -0.4 is 10.5 Å².